The Balaban J connectivity index is 4.14. The zero-order valence-electron chi connectivity index (χ0n) is 11.3. The molecule has 0 aliphatic heterocycles. The van der Waals surface area contributed by atoms with Gasteiger partial charge in [-0.2, -0.15) is 0 Å². The number of hydrogen-bond donors (Lipinski definition) is 4. The summed E-state index contributed by atoms with van der Waals surface area (Å²) in [6.07, 6.45) is 2.73. The molecule has 0 rings (SSSR count). The summed E-state index contributed by atoms with van der Waals surface area (Å²) >= 11 is 0. The van der Waals surface area contributed by atoms with Crippen LogP contribution in [0.3, 0.4) is 0 Å². The molecule has 0 aromatic heterocycles. The second kappa shape index (κ2) is 9.39. The first-order valence-electron chi connectivity index (χ1n) is 6.44. The number of rotatable bonds is 9. The summed E-state index contributed by atoms with van der Waals surface area (Å²) in [5.41, 5.74) is 11.1. The predicted molar refractivity (Wildman–Crippen MR) is 71.6 cm³/mol. The standard InChI is InChI=1S/C12H28N4O/c1-9(2)11(8-14)16-12(17)10(15-3)6-4-5-7-13/h9-11,15H,4-8,13-14H2,1-3H3,(H,16,17). The normalized spacial score (nSPS) is 14.7. The first kappa shape index (κ1) is 16.4. The van der Waals surface area contributed by atoms with E-state index in [1.807, 2.05) is 0 Å². The van der Waals surface area contributed by atoms with Crippen molar-refractivity contribution in [2.45, 2.75) is 45.2 Å². The van der Waals surface area contributed by atoms with Crippen LogP contribution in [0, 0.1) is 5.92 Å². The molecule has 0 saturated carbocycles. The van der Waals surface area contributed by atoms with Gasteiger partial charge < -0.3 is 22.1 Å². The fourth-order valence-corrected chi connectivity index (χ4v) is 1.68. The van der Waals surface area contributed by atoms with Crippen LogP contribution in [-0.2, 0) is 4.79 Å². The lowest BCUT2D eigenvalue weighted by molar-refractivity contribution is -0.124. The highest BCUT2D eigenvalue weighted by atomic mass is 16.2. The highest BCUT2D eigenvalue weighted by Gasteiger charge is 2.20. The lowest BCUT2D eigenvalue weighted by Gasteiger charge is -2.24. The molecule has 0 heterocycles. The predicted octanol–water partition coefficient (Wildman–Crippen LogP) is -0.197. The third kappa shape index (κ3) is 6.61. The van der Waals surface area contributed by atoms with Crippen LogP contribution in [0.25, 0.3) is 0 Å². The number of carbonyl (C=O) groups is 1. The lowest BCUT2D eigenvalue weighted by atomic mass is 10.0. The molecule has 0 aliphatic rings. The van der Waals surface area contributed by atoms with Gasteiger partial charge in [0.1, 0.15) is 0 Å². The Morgan fingerprint density at radius 1 is 1.24 bits per heavy atom. The minimum absolute atomic E-state index is 0.0358. The SMILES string of the molecule is CNC(CCCCN)C(=O)NC(CN)C(C)C. The van der Waals surface area contributed by atoms with Gasteiger partial charge >= 0.3 is 0 Å². The van der Waals surface area contributed by atoms with E-state index in [0.29, 0.717) is 19.0 Å². The van der Waals surface area contributed by atoms with Crippen molar-refractivity contribution in [2.75, 3.05) is 20.1 Å². The van der Waals surface area contributed by atoms with Crippen molar-refractivity contribution in [1.82, 2.24) is 10.6 Å². The highest BCUT2D eigenvalue weighted by Crippen LogP contribution is 2.03. The van der Waals surface area contributed by atoms with Gasteiger partial charge in [0.05, 0.1) is 6.04 Å². The molecule has 0 spiro atoms. The van der Waals surface area contributed by atoms with E-state index in [4.69, 9.17) is 11.5 Å². The summed E-state index contributed by atoms with van der Waals surface area (Å²) in [6.45, 7) is 5.26. The number of unbranched alkanes of at least 4 members (excludes halogenated alkanes) is 1. The molecular weight excluding hydrogens is 216 g/mol. The molecule has 6 N–H and O–H groups in total. The summed E-state index contributed by atoms with van der Waals surface area (Å²) in [7, 11) is 1.81. The molecule has 0 aromatic rings. The van der Waals surface area contributed by atoms with E-state index in [1.54, 1.807) is 7.05 Å². The summed E-state index contributed by atoms with van der Waals surface area (Å²) in [5, 5.41) is 6.02. The van der Waals surface area contributed by atoms with Crippen LogP contribution >= 0.6 is 0 Å². The Labute approximate surface area is 105 Å². The van der Waals surface area contributed by atoms with E-state index in [9.17, 15) is 4.79 Å². The third-order valence-electron chi connectivity index (χ3n) is 3.00. The Hall–Kier alpha value is -0.650. The Morgan fingerprint density at radius 3 is 2.29 bits per heavy atom. The molecule has 17 heavy (non-hydrogen) atoms. The molecule has 102 valence electrons. The van der Waals surface area contributed by atoms with Crippen molar-refractivity contribution in [3.63, 3.8) is 0 Å². The topological polar surface area (TPSA) is 93.2 Å². The van der Waals surface area contributed by atoms with Gasteiger partial charge in [-0.15, -0.1) is 0 Å². The van der Waals surface area contributed by atoms with E-state index in [2.05, 4.69) is 24.5 Å². The highest BCUT2D eigenvalue weighted by molar-refractivity contribution is 5.82. The summed E-state index contributed by atoms with van der Waals surface area (Å²) in [6, 6.07) is -0.0952. The van der Waals surface area contributed by atoms with Gasteiger partial charge in [-0.1, -0.05) is 20.3 Å². The molecule has 0 aromatic carbocycles. The van der Waals surface area contributed by atoms with Gasteiger partial charge in [0.15, 0.2) is 0 Å². The van der Waals surface area contributed by atoms with E-state index < -0.39 is 0 Å². The smallest absolute Gasteiger partial charge is 0.237 e. The number of hydrogen-bond acceptors (Lipinski definition) is 4. The van der Waals surface area contributed by atoms with E-state index in [1.165, 1.54) is 0 Å². The lowest BCUT2D eigenvalue weighted by Crippen LogP contribution is -2.50. The number of likely N-dealkylation sites (N-methyl/N-ethyl adjacent to an activating group) is 1. The number of carbonyl (C=O) groups excluding carboxylic acids is 1. The van der Waals surface area contributed by atoms with Crippen LogP contribution in [0.2, 0.25) is 0 Å². The minimum Gasteiger partial charge on any atom is -0.350 e. The molecule has 5 heteroatoms. The molecule has 0 aliphatic carbocycles. The van der Waals surface area contributed by atoms with Crippen LogP contribution in [0.1, 0.15) is 33.1 Å². The monoisotopic (exact) mass is 244 g/mol. The summed E-state index contributed by atoms with van der Waals surface area (Å²) in [5.74, 6) is 0.388. The zero-order valence-corrected chi connectivity index (χ0v) is 11.3. The fourth-order valence-electron chi connectivity index (χ4n) is 1.68. The maximum Gasteiger partial charge on any atom is 0.237 e. The molecule has 0 bridgehead atoms. The average Bonchev–Trinajstić information content (AvgIpc) is 2.31. The van der Waals surface area contributed by atoms with Crippen LogP contribution in [-0.4, -0.2) is 38.1 Å². The van der Waals surface area contributed by atoms with Gasteiger partial charge in [-0.25, -0.2) is 0 Å². The van der Waals surface area contributed by atoms with Crippen molar-refractivity contribution in [3.05, 3.63) is 0 Å². The van der Waals surface area contributed by atoms with Crippen molar-refractivity contribution in [1.29, 1.82) is 0 Å². The van der Waals surface area contributed by atoms with Crippen LogP contribution < -0.4 is 22.1 Å². The average molecular weight is 244 g/mol. The van der Waals surface area contributed by atoms with Gasteiger partial charge in [0.2, 0.25) is 5.91 Å². The molecule has 5 nitrogen and oxygen atoms in total. The van der Waals surface area contributed by atoms with Gasteiger partial charge in [0.25, 0.3) is 0 Å². The van der Waals surface area contributed by atoms with E-state index in [0.717, 1.165) is 19.3 Å². The van der Waals surface area contributed by atoms with Crippen molar-refractivity contribution in [3.8, 4) is 0 Å². The van der Waals surface area contributed by atoms with Gasteiger partial charge in [-0.3, -0.25) is 4.79 Å². The van der Waals surface area contributed by atoms with Crippen molar-refractivity contribution < 1.29 is 4.79 Å². The first-order chi connectivity index (χ1) is 8.06. The van der Waals surface area contributed by atoms with Crippen LogP contribution in [0.15, 0.2) is 0 Å². The minimum atomic E-state index is -0.144. The summed E-state index contributed by atoms with van der Waals surface area (Å²) in [4.78, 5) is 12.0. The van der Waals surface area contributed by atoms with Crippen molar-refractivity contribution in [2.24, 2.45) is 17.4 Å². The number of amides is 1. The van der Waals surface area contributed by atoms with E-state index >= 15 is 0 Å². The fraction of sp³-hybridized carbons (Fsp3) is 0.917. The molecular formula is C12H28N4O. The molecule has 0 fully saturated rings. The van der Waals surface area contributed by atoms with Crippen molar-refractivity contribution >= 4 is 5.91 Å². The zero-order chi connectivity index (χ0) is 13.3. The first-order valence-corrected chi connectivity index (χ1v) is 6.44. The summed E-state index contributed by atoms with van der Waals surface area (Å²) < 4.78 is 0. The van der Waals surface area contributed by atoms with Crippen LogP contribution in [0.5, 0.6) is 0 Å². The maximum atomic E-state index is 12.0. The molecule has 0 saturated heterocycles. The Bertz CT molecular complexity index is 209. The molecule has 2 atom stereocenters. The second-order valence-corrected chi connectivity index (χ2v) is 4.72. The molecule has 1 amide bonds. The Morgan fingerprint density at radius 2 is 1.88 bits per heavy atom. The van der Waals surface area contributed by atoms with Crippen LogP contribution in [0.4, 0.5) is 0 Å². The quantitative estimate of drug-likeness (QED) is 0.423. The number of nitrogens with two attached hydrogens (primary N) is 2. The largest absolute Gasteiger partial charge is 0.350 e. The second-order valence-electron chi connectivity index (χ2n) is 4.72. The number of nitrogens with one attached hydrogen (secondary N) is 2. The molecule has 2 unspecified atom stereocenters. The Kier molecular flexibility index (Phi) is 9.03. The third-order valence-corrected chi connectivity index (χ3v) is 3.00. The maximum absolute atomic E-state index is 12.0. The van der Waals surface area contributed by atoms with E-state index in [-0.39, 0.29) is 18.0 Å². The van der Waals surface area contributed by atoms with Gasteiger partial charge in [0, 0.05) is 12.6 Å². The molecule has 0 radical (unpaired) electrons. The van der Waals surface area contributed by atoms with Gasteiger partial charge in [-0.05, 0) is 32.4 Å².